The second-order valence-corrected chi connectivity index (χ2v) is 5.72. The first-order chi connectivity index (χ1) is 7.71. The van der Waals surface area contributed by atoms with E-state index in [-0.39, 0.29) is 0 Å². The van der Waals surface area contributed by atoms with Gasteiger partial charge >= 0.3 is 0 Å². The van der Waals surface area contributed by atoms with Crippen molar-refractivity contribution in [1.29, 1.82) is 0 Å². The number of ether oxygens (including phenoxy) is 1. The molecule has 1 saturated heterocycles. The molecule has 0 N–H and O–H groups in total. The average Bonchev–Trinajstić information content (AvgIpc) is 2.37. The summed E-state index contributed by atoms with van der Waals surface area (Å²) in [5.74, 6) is 1.92. The van der Waals surface area contributed by atoms with Crippen LogP contribution in [0.1, 0.15) is 66.2 Å². The van der Waals surface area contributed by atoms with Crippen LogP contribution in [0.5, 0.6) is 0 Å². The molecule has 2 aliphatic rings. The van der Waals surface area contributed by atoms with Crippen LogP contribution in [-0.4, -0.2) is 13.2 Å². The zero-order valence-corrected chi connectivity index (χ0v) is 11.7. The first-order valence-corrected chi connectivity index (χ1v) is 7.28. The van der Waals surface area contributed by atoms with E-state index in [0.29, 0.717) is 5.41 Å². The average molecular weight is 226 g/mol. The zero-order valence-electron chi connectivity index (χ0n) is 11.7. The van der Waals surface area contributed by atoms with Crippen LogP contribution >= 0.6 is 0 Å². The van der Waals surface area contributed by atoms with Gasteiger partial charge in [-0.1, -0.05) is 40.5 Å². The number of hydrogen-bond donors (Lipinski definition) is 0. The molecule has 1 heterocycles. The first-order valence-electron chi connectivity index (χ1n) is 7.28. The molecule has 16 heavy (non-hydrogen) atoms. The van der Waals surface area contributed by atoms with E-state index < -0.39 is 0 Å². The van der Waals surface area contributed by atoms with E-state index in [1.807, 2.05) is 13.8 Å². The van der Waals surface area contributed by atoms with Crippen molar-refractivity contribution in [2.75, 3.05) is 13.2 Å². The topological polar surface area (TPSA) is 9.23 Å². The van der Waals surface area contributed by atoms with E-state index in [1.165, 1.54) is 38.5 Å². The maximum atomic E-state index is 5.46. The molecule has 96 valence electrons. The highest BCUT2D eigenvalue weighted by molar-refractivity contribution is 4.87. The fraction of sp³-hybridized carbons (Fsp3) is 1.00. The fourth-order valence-corrected chi connectivity index (χ4v) is 3.22. The van der Waals surface area contributed by atoms with Crippen molar-refractivity contribution in [2.45, 2.75) is 66.2 Å². The molecule has 0 aromatic rings. The van der Waals surface area contributed by atoms with E-state index >= 15 is 0 Å². The van der Waals surface area contributed by atoms with Crippen LogP contribution in [0.2, 0.25) is 0 Å². The molecule has 0 spiro atoms. The van der Waals surface area contributed by atoms with Crippen molar-refractivity contribution >= 4 is 0 Å². The smallest absolute Gasteiger partial charge is 0.0468 e. The minimum absolute atomic E-state index is 0.649. The Balaban J connectivity index is 0.000000606. The molecule has 1 heteroatoms. The Hall–Kier alpha value is -0.0400. The summed E-state index contributed by atoms with van der Waals surface area (Å²) >= 11 is 0. The molecule has 0 bridgehead atoms. The Kier molecular flexibility index (Phi) is 5.82. The molecule has 0 aromatic carbocycles. The predicted octanol–water partition coefficient (Wildman–Crippen LogP) is 4.66. The molecular weight excluding hydrogens is 196 g/mol. The van der Waals surface area contributed by atoms with Crippen LogP contribution in [0.25, 0.3) is 0 Å². The van der Waals surface area contributed by atoms with Gasteiger partial charge in [0.05, 0.1) is 0 Å². The van der Waals surface area contributed by atoms with E-state index in [4.69, 9.17) is 4.74 Å². The van der Waals surface area contributed by atoms with Crippen molar-refractivity contribution in [3.05, 3.63) is 0 Å². The van der Waals surface area contributed by atoms with Gasteiger partial charge in [-0.3, -0.25) is 0 Å². The molecule has 0 amide bonds. The molecule has 1 aliphatic carbocycles. The maximum Gasteiger partial charge on any atom is 0.0468 e. The van der Waals surface area contributed by atoms with Crippen molar-refractivity contribution in [2.24, 2.45) is 17.3 Å². The molecule has 1 nitrogen and oxygen atoms in total. The summed E-state index contributed by atoms with van der Waals surface area (Å²) in [4.78, 5) is 0. The van der Waals surface area contributed by atoms with Crippen LogP contribution in [-0.2, 0) is 4.74 Å². The Labute approximate surface area is 102 Å². The lowest BCUT2D eigenvalue weighted by molar-refractivity contribution is -0.00483. The Morgan fingerprint density at radius 2 is 1.44 bits per heavy atom. The summed E-state index contributed by atoms with van der Waals surface area (Å²) in [5, 5.41) is 0. The summed E-state index contributed by atoms with van der Waals surface area (Å²) in [6, 6.07) is 0. The molecule has 0 atom stereocenters. The van der Waals surface area contributed by atoms with E-state index in [9.17, 15) is 0 Å². The quantitative estimate of drug-likeness (QED) is 0.632. The number of hydrogen-bond acceptors (Lipinski definition) is 1. The van der Waals surface area contributed by atoms with Gasteiger partial charge in [0.1, 0.15) is 0 Å². The third kappa shape index (κ3) is 3.48. The highest BCUT2D eigenvalue weighted by Gasteiger charge is 2.37. The minimum atomic E-state index is 0.649. The van der Waals surface area contributed by atoms with Crippen molar-refractivity contribution in [3.8, 4) is 0 Å². The summed E-state index contributed by atoms with van der Waals surface area (Å²) < 4.78 is 5.46. The largest absolute Gasteiger partial charge is 0.381 e. The standard InChI is InChI=1S/C13H24O.C2H6/c1-11-3-7-13(2,8-4-11)12-5-9-14-10-6-12;1-2/h11-12H,3-10H2,1-2H3;1-2H3. The third-order valence-electron chi connectivity index (χ3n) is 4.62. The molecule has 2 rings (SSSR count). The van der Waals surface area contributed by atoms with Gasteiger partial charge in [0.15, 0.2) is 0 Å². The molecule has 1 saturated carbocycles. The fourth-order valence-electron chi connectivity index (χ4n) is 3.22. The van der Waals surface area contributed by atoms with Gasteiger partial charge in [-0.15, -0.1) is 0 Å². The summed E-state index contributed by atoms with van der Waals surface area (Å²) in [7, 11) is 0. The van der Waals surface area contributed by atoms with E-state index in [2.05, 4.69) is 13.8 Å². The summed E-state index contributed by atoms with van der Waals surface area (Å²) in [6.45, 7) is 10.9. The van der Waals surface area contributed by atoms with Crippen LogP contribution < -0.4 is 0 Å². The lowest BCUT2D eigenvalue weighted by Gasteiger charge is -2.44. The Bertz CT molecular complexity index is 174. The summed E-state index contributed by atoms with van der Waals surface area (Å²) in [6.07, 6.45) is 8.44. The van der Waals surface area contributed by atoms with E-state index in [0.717, 1.165) is 25.0 Å². The highest BCUT2D eigenvalue weighted by Crippen LogP contribution is 2.47. The van der Waals surface area contributed by atoms with Crippen molar-refractivity contribution < 1.29 is 4.74 Å². The van der Waals surface area contributed by atoms with Crippen LogP contribution in [0, 0.1) is 17.3 Å². The van der Waals surface area contributed by atoms with Crippen LogP contribution in [0.3, 0.4) is 0 Å². The monoisotopic (exact) mass is 226 g/mol. The Morgan fingerprint density at radius 1 is 0.938 bits per heavy atom. The first kappa shape index (κ1) is 14.0. The van der Waals surface area contributed by atoms with E-state index in [1.54, 1.807) is 0 Å². The SMILES string of the molecule is CC.CC1CCC(C)(C2CCOCC2)CC1. The van der Waals surface area contributed by atoms with Gasteiger partial charge in [-0.05, 0) is 42.9 Å². The van der Waals surface area contributed by atoms with Crippen molar-refractivity contribution in [3.63, 3.8) is 0 Å². The highest BCUT2D eigenvalue weighted by atomic mass is 16.5. The second-order valence-electron chi connectivity index (χ2n) is 5.72. The lowest BCUT2D eigenvalue weighted by Crippen LogP contribution is -2.35. The minimum Gasteiger partial charge on any atom is -0.381 e. The predicted molar refractivity (Wildman–Crippen MR) is 70.6 cm³/mol. The maximum absolute atomic E-state index is 5.46. The number of rotatable bonds is 1. The van der Waals surface area contributed by atoms with Gasteiger partial charge in [-0.2, -0.15) is 0 Å². The van der Waals surface area contributed by atoms with Gasteiger partial charge in [0.25, 0.3) is 0 Å². The molecule has 2 fully saturated rings. The lowest BCUT2D eigenvalue weighted by atomic mass is 9.63. The van der Waals surface area contributed by atoms with Gasteiger partial charge < -0.3 is 4.74 Å². The molecule has 0 unspecified atom stereocenters. The zero-order chi connectivity index (χ0) is 12.0. The second kappa shape index (κ2) is 6.64. The normalized spacial score (nSPS) is 36.4. The molecule has 0 radical (unpaired) electrons. The van der Waals surface area contributed by atoms with Gasteiger partial charge in [0, 0.05) is 13.2 Å². The molecular formula is C15H30O. The van der Waals surface area contributed by atoms with Gasteiger partial charge in [0.2, 0.25) is 0 Å². The molecule has 0 aromatic heterocycles. The molecule has 1 aliphatic heterocycles. The van der Waals surface area contributed by atoms with Crippen LogP contribution in [0.15, 0.2) is 0 Å². The third-order valence-corrected chi connectivity index (χ3v) is 4.62. The van der Waals surface area contributed by atoms with Gasteiger partial charge in [-0.25, -0.2) is 0 Å². The summed E-state index contributed by atoms with van der Waals surface area (Å²) in [5.41, 5.74) is 0.649. The van der Waals surface area contributed by atoms with Crippen LogP contribution in [0.4, 0.5) is 0 Å². The van der Waals surface area contributed by atoms with Crippen molar-refractivity contribution in [1.82, 2.24) is 0 Å². The Morgan fingerprint density at radius 3 is 1.94 bits per heavy atom.